The van der Waals surface area contributed by atoms with Crippen LogP contribution in [0.4, 0.5) is 10.5 Å². The number of hydrogen-bond acceptors (Lipinski definition) is 4. The van der Waals surface area contributed by atoms with Gasteiger partial charge in [-0.1, -0.05) is 72.8 Å². The van der Waals surface area contributed by atoms with E-state index in [9.17, 15) is 14.4 Å². The maximum Gasteiger partial charge on any atom is 0.408 e. The molecular weight excluding hydrogens is 380 g/mol. The van der Waals surface area contributed by atoms with E-state index in [1.54, 1.807) is 55.5 Å². The van der Waals surface area contributed by atoms with Crippen molar-refractivity contribution in [3.05, 3.63) is 102 Å². The molecule has 0 aliphatic heterocycles. The van der Waals surface area contributed by atoms with E-state index in [4.69, 9.17) is 4.74 Å². The van der Waals surface area contributed by atoms with Crippen molar-refractivity contribution < 1.29 is 19.1 Å². The van der Waals surface area contributed by atoms with Crippen LogP contribution >= 0.6 is 0 Å². The molecule has 3 rings (SSSR count). The van der Waals surface area contributed by atoms with E-state index in [-0.39, 0.29) is 12.4 Å². The number of rotatable bonds is 7. The van der Waals surface area contributed by atoms with E-state index >= 15 is 0 Å². The van der Waals surface area contributed by atoms with Crippen molar-refractivity contribution in [2.24, 2.45) is 0 Å². The normalized spacial score (nSPS) is 11.2. The van der Waals surface area contributed by atoms with Crippen molar-refractivity contribution in [2.45, 2.75) is 19.6 Å². The number of carbonyl (C=O) groups excluding carboxylic acids is 3. The van der Waals surface area contributed by atoms with E-state index in [2.05, 4.69) is 10.6 Å². The fourth-order valence-corrected chi connectivity index (χ4v) is 2.78. The third kappa shape index (κ3) is 5.54. The van der Waals surface area contributed by atoms with Crippen molar-refractivity contribution >= 4 is 23.5 Å². The summed E-state index contributed by atoms with van der Waals surface area (Å²) in [7, 11) is 0. The number of alkyl carbamates (subject to hydrolysis) is 1. The molecule has 6 heteroatoms. The summed E-state index contributed by atoms with van der Waals surface area (Å²) in [5, 5.41) is 5.20. The molecule has 2 N–H and O–H groups in total. The van der Waals surface area contributed by atoms with Crippen molar-refractivity contribution in [3.63, 3.8) is 0 Å². The van der Waals surface area contributed by atoms with Gasteiger partial charge in [-0.3, -0.25) is 9.59 Å². The van der Waals surface area contributed by atoms with Gasteiger partial charge < -0.3 is 15.4 Å². The Morgan fingerprint density at radius 1 is 0.833 bits per heavy atom. The summed E-state index contributed by atoms with van der Waals surface area (Å²) < 4.78 is 5.13. The van der Waals surface area contributed by atoms with Gasteiger partial charge in [0.05, 0.1) is 5.69 Å². The molecule has 2 amide bonds. The number of carbonyl (C=O) groups is 3. The lowest BCUT2D eigenvalue weighted by atomic mass is 10.0. The van der Waals surface area contributed by atoms with Gasteiger partial charge in [0.25, 0.3) is 0 Å². The summed E-state index contributed by atoms with van der Waals surface area (Å²) in [6, 6.07) is 24.0. The lowest BCUT2D eigenvalue weighted by molar-refractivity contribution is -0.117. The smallest absolute Gasteiger partial charge is 0.408 e. The lowest BCUT2D eigenvalue weighted by Crippen LogP contribution is -2.42. The van der Waals surface area contributed by atoms with Crippen molar-refractivity contribution in [1.29, 1.82) is 0 Å². The van der Waals surface area contributed by atoms with Crippen LogP contribution in [-0.4, -0.2) is 23.8 Å². The van der Waals surface area contributed by atoms with Gasteiger partial charge in [-0.25, -0.2) is 4.79 Å². The largest absolute Gasteiger partial charge is 0.445 e. The second-order valence-electron chi connectivity index (χ2n) is 6.66. The molecular formula is C24H22N2O4. The molecule has 30 heavy (non-hydrogen) atoms. The molecule has 0 heterocycles. The molecule has 152 valence electrons. The Morgan fingerprint density at radius 3 is 2.13 bits per heavy atom. The molecule has 0 aliphatic rings. The van der Waals surface area contributed by atoms with Crippen molar-refractivity contribution in [3.8, 4) is 0 Å². The highest BCUT2D eigenvalue weighted by Gasteiger charge is 2.19. The monoisotopic (exact) mass is 402 g/mol. The van der Waals surface area contributed by atoms with Crippen LogP contribution in [0.2, 0.25) is 0 Å². The van der Waals surface area contributed by atoms with E-state index in [1.807, 2.05) is 36.4 Å². The predicted octanol–water partition coefficient (Wildman–Crippen LogP) is 4.17. The summed E-state index contributed by atoms with van der Waals surface area (Å²) >= 11 is 0. The van der Waals surface area contributed by atoms with Crippen molar-refractivity contribution in [2.75, 3.05) is 5.32 Å². The predicted molar refractivity (Wildman–Crippen MR) is 114 cm³/mol. The summed E-state index contributed by atoms with van der Waals surface area (Å²) in [6.45, 7) is 1.65. The van der Waals surface area contributed by atoms with Crippen molar-refractivity contribution in [1.82, 2.24) is 5.32 Å². The Labute approximate surface area is 174 Å². The van der Waals surface area contributed by atoms with Crippen LogP contribution in [-0.2, 0) is 16.1 Å². The Balaban J connectivity index is 1.60. The molecule has 3 aromatic carbocycles. The summed E-state index contributed by atoms with van der Waals surface area (Å²) in [5.74, 6) is -0.658. The average molecular weight is 402 g/mol. The number of benzene rings is 3. The lowest BCUT2D eigenvalue weighted by Gasteiger charge is -2.16. The van der Waals surface area contributed by atoms with E-state index in [1.165, 1.54) is 0 Å². The number of nitrogens with one attached hydrogen (secondary N) is 2. The maximum absolute atomic E-state index is 12.8. The van der Waals surface area contributed by atoms with Gasteiger partial charge in [0.15, 0.2) is 5.78 Å². The molecule has 0 aromatic heterocycles. The molecule has 0 spiro atoms. The van der Waals surface area contributed by atoms with Crippen LogP contribution in [0.15, 0.2) is 84.9 Å². The molecule has 1 atom stereocenters. The van der Waals surface area contributed by atoms with E-state index in [0.717, 1.165) is 5.56 Å². The number of para-hydroxylation sites is 1. The van der Waals surface area contributed by atoms with Gasteiger partial charge in [0.1, 0.15) is 12.6 Å². The molecule has 0 saturated heterocycles. The molecule has 0 saturated carbocycles. The molecule has 0 radical (unpaired) electrons. The molecule has 0 bridgehead atoms. The standard InChI is InChI=1S/C24H22N2O4/c1-17(25-24(29)30-16-18-10-4-2-5-11-18)23(28)26-21-15-9-8-14-20(21)22(27)19-12-6-3-7-13-19/h2-15,17H,16H2,1H3,(H,25,29)(H,26,28)/t17-/m0/s1. The number of ether oxygens (including phenoxy) is 1. The first-order chi connectivity index (χ1) is 14.5. The highest BCUT2D eigenvalue weighted by atomic mass is 16.5. The number of ketones is 1. The maximum atomic E-state index is 12.8. The molecule has 0 aliphatic carbocycles. The van der Waals surface area contributed by atoms with Crippen LogP contribution < -0.4 is 10.6 Å². The first-order valence-electron chi connectivity index (χ1n) is 9.51. The fourth-order valence-electron chi connectivity index (χ4n) is 2.78. The zero-order valence-electron chi connectivity index (χ0n) is 16.5. The van der Waals surface area contributed by atoms with E-state index in [0.29, 0.717) is 16.8 Å². The highest BCUT2D eigenvalue weighted by Crippen LogP contribution is 2.19. The zero-order valence-corrected chi connectivity index (χ0v) is 16.5. The summed E-state index contributed by atoms with van der Waals surface area (Å²) in [5.41, 5.74) is 2.12. The Hall–Kier alpha value is -3.93. The third-order valence-electron chi connectivity index (χ3n) is 4.41. The Kier molecular flexibility index (Phi) is 6.95. The van der Waals surface area contributed by atoms with E-state index < -0.39 is 18.0 Å². The van der Waals surface area contributed by atoms with Crippen LogP contribution in [0.3, 0.4) is 0 Å². The summed E-state index contributed by atoms with van der Waals surface area (Å²) in [4.78, 5) is 37.3. The number of amides is 2. The van der Waals surface area contributed by atoms with Gasteiger partial charge in [-0.2, -0.15) is 0 Å². The molecule has 3 aromatic rings. The fraction of sp³-hybridized carbons (Fsp3) is 0.125. The highest BCUT2D eigenvalue weighted by molar-refractivity contribution is 6.14. The van der Waals surface area contributed by atoms with Gasteiger partial charge in [-0.05, 0) is 24.6 Å². The zero-order chi connectivity index (χ0) is 21.3. The van der Waals surface area contributed by atoms with Crippen LogP contribution in [0.5, 0.6) is 0 Å². The third-order valence-corrected chi connectivity index (χ3v) is 4.41. The van der Waals surface area contributed by atoms with Crippen LogP contribution in [0.25, 0.3) is 0 Å². The second-order valence-corrected chi connectivity index (χ2v) is 6.66. The number of hydrogen-bond donors (Lipinski definition) is 2. The minimum Gasteiger partial charge on any atom is -0.445 e. The first-order valence-corrected chi connectivity index (χ1v) is 9.51. The molecule has 6 nitrogen and oxygen atoms in total. The minimum atomic E-state index is -0.854. The first kappa shape index (κ1) is 20.8. The Morgan fingerprint density at radius 2 is 1.43 bits per heavy atom. The Bertz CT molecular complexity index is 1020. The summed E-state index contributed by atoms with van der Waals surface area (Å²) in [6.07, 6.45) is -0.699. The van der Waals surface area contributed by atoms with Crippen LogP contribution in [0.1, 0.15) is 28.4 Å². The van der Waals surface area contributed by atoms with Gasteiger partial charge in [0, 0.05) is 11.1 Å². The topological polar surface area (TPSA) is 84.5 Å². The SMILES string of the molecule is C[C@H](NC(=O)OCc1ccccc1)C(=O)Nc1ccccc1C(=O)c1ccccc1. The van der Waals surface area contributed by atoms with Gasteiger partial charge >= 0.3 is 6.09 Å². The molecule has 0 fully saturated rings. The second kappa shape index (κ2) is 10.0. The van der Waals surface area contributed by atoms with Gasteiger partial charge in [-0.15, -0.1) is 0 Å². The quantitative estimate of drug-likeness (QED) is 0.581. The van der Waals surface area contributed by atoms with Crippen LogP contribution in [0, 0.1) is 0 Å². The number of anilines is 1. The minimum absolute atomic E-state index is 0.107. The van der Waals surface area contributed by atoms with Gasteiger partial charge in [0.2, 0.25) is 5.91 Å². The average Bonchev–Trinajstić information content (AvgIpc) is 2.79. The molecule has 0 unspecified atom stereocenters.